The Kier molecular flexibility index (Phi) is 6.88. The first kappa shape index (κ1) is 15.7. The van der Waals surface area contributed by atoms with Crippen LogP contribution in [0.4, 0.5) is 14.0 Å². The summed E-state index contributed by atoms with van der Waals surface area (Å²) < 4.78 is 17.3. The fourth-order valence-corrected chi connectivity index (χ4v) is 1.37. The van der Waals surface area contributed by atoms with E-state index < -0.39 is 6.09 Å². The molecule has 1 aromatic rings. The molecule has 0 unspecified atom stereocenters. The van der Waals surface area contributed by atoms with Gasteiger partial charge in [-0.3, -0.25) is 0 Å². The SMILES string of the molecule is CCOC(=O)NCCNC(=O)NCc1ccc(F)cc1. The van der Waals surface area contributed by atoms with E-state index in [1.807, 2.05) is 0 Å². The molecule has 0 aromatic heterocycles. The Labute approximate surface area is 116 Å². The van der Waals surface area contributed by atoms with Gasteiger partial charge in [0.25, 0.3) is 0 Å². The molecule has 0 heterocycles. The van der Waals surface area contributed by atoms with E-state index in [9.17, 15) is 14.0 Å². The number of halogens is 1. The number of carbonyl (C=O) groups is 2. The molecular weight excluding hydrogens is 265 g/mol. The van der Waals surface area contributed by atoms with Crippen molar-refractivity contribution in [1.29, 1.82) is 0 Å². The van der Waals surface area contributed by atoms with Crippen molar-refractivity contribution >= 4 is 12.1 Å². The molecule has 0 aliphatic carbocycles. The minimum atomic E-state index is -0.513. The summed E-state index contributed by atoms with van der Waals surface area (Å²) in [6.45, 7) is 2.88. The van der Waals surface area contributed by atoms with E-state index in [0.717, 1.165) is 5.56 Å². The average molecular weight is 283 g/mol. The zero-order valence-corrected chi connectivity index (χ0v) is 11.2. The van der Waals surface area contributed by atoms with Crippen LogP contribution in [-0.2, 0) is 11.3 Å². The van der Waals surface area contributed by atoms with E-state index in [-0.39, 0.29) is 24.9 Å². The molecule has 0 fully saturated rings. The molecule has 1 rings (SSSR count). The number of carbonyl (C=O) groups excluding carboxylic acids is 2. The van der Waals surface area contributed by atoms with Crippen LogP contribution in [0.15, 0.2) is 24.3 Å². The zero-order chi connectivity index (χ0) is 14.8. The molecule has 0 radical (unpaired) electrons. The first-order valence-corrected chi connectivity index (χ1v) is 6.28. The van der Waals surface area contributed by atoms with Gasteiger partial charge in [0.1, 0.15) is 5.82 Å². The van der Waals surface area contributed by atoms with Gasteiger partial charge in [-0.2, -0.15) is 0 Å². The third-order valence-corrected chi connectivity index (χ3v) is 2.32. The molecule has 20 heavy (non-hydrogen) atoms. The molecule has 0 atom stereocenters. The van der Waals surface area contributed by atoms with E-state index in [0.29, 0.717) is 13.2 Å². The van der Waals surface area contributed by atoms with E-state index in [1.54, 1.807) is 19.1 Å². The highest BCUT2D eigenvalue weighted by Gasteiger charge is 2.02. The molecule has 110 valence electrons. The number of urea groups is 1. The van der Waals surface area contributed by atoms with Crippen LogP contribution in [-0.4, -0.2) is 31.8 Å². The molecule has 0 bridgehead atoms. The van der Waals surface area contributed by atoms with Gasteiger partial charge in [-0.15, -0.1) is 0 Å². The molecule has 0 saturated heterocycles. The van der Waals surface area contributed by atoms with Gasteiger partial charge in [-0.05, 0) is 24.6 Å². The topological polar surface area (TPSA) is 79.5 Å². The van der Waals surface area contributed by atoms with Gasteiger partial charge in [-0.25, -0.2) is 14.0 Å². The highest BCUT2D eigenvalue weighted by Crippen LogP contribution is 2.01. The number of amides is 3. The fourth-order valence-electron chi connectivity index (χ4n) is 1.37. The summed E-state index contributed by atoms with van der Waals surface area (Å²) in [7, 11) is 0. The van der Waals surface area contributed by atoms with Crippen molar-refractivity contribution in [3.8, 4) is 0 Å². The van der Waals surface area contributed by atoms with Crippen molar-refractivity contribution < 1.29 is 18.7 Å². The third-order valence-electron chi connectivity index (χ3n) is 2.32. The fraction of sp³-hybridized carbons (Fsp3) is 0.385. The first-order chi connectivity index (χ1) is 9.61. The maximum absolute atomic E-state index is 12.7. The van der Waals surface area contributed by atoms with Crippen molar-refractivity contribution in [2.24, 2.45) is 0 Å². The van der Waals surface area contributed by atoms with E-state index in [1.165, 1.54) is 12.1 Å². The summed E-state index contributed by atoms with van der Waals surface area (Å²) in [4.78, 5) is 22.3. The largest absolute Gasteiger partial charge is 0.450 e. The summed E-state index contributed by atoms with van der Waals surface area (Å²) in [6.07, 6.45) is -0.513. The lowest BCUT2D eigenvalue weighted by Crippen LogP contribution is -2.40. The Morgan fingerprint density at radius 2 is 1.75 bits per heavy atom. The van der Waals surface area contributed by atoms with Crippen molar-refractivity contribution in [2.45, 2.75) is 13.5 Å². The lowest BCUT2D eigenvalue weighted by Gasteiger charge is -2.08. The van der Waals surface area contributed by atoms with Crippen LogP contribution >= 0.6 is 0 Å². The maximum atomic E-state index is 12.7. The molecule has 0 spiro atoms. The Balaban J connectivity index is 2.11. The molecular formula is C13H18FN3O3. The average Bonchev–Trinajstić information content (AvgIpc) is 2.43. The van der Waals surface area contributed by atoms with Crippen molar-refractivity contribution in [3.05, 3.63) is 35.6 Å². The van der Waals surface area contributed by atoms with Crippen LogP contribution in [0.25, 0.3) is 0 Å². The second-order valence-electron chi connectivity index (χ2n) is 3.88. The Morgan fingerprint density at radius 3 is 2.40 bits per heavy atom. The minimum absolute atomic E-state index is 0.281. The second kappa shape index (κ2) is 8.73. The normalized spacial score (nSPS) is 9.70. The summed E-state index contributed by atoms with van der Waals surface area (Å²) in [5, 5.41) is 7.66. The predicted octanol–water partition coefficient (Wildman–Crippen LogP) is 1.37. The number of ether oxygens (including phenoxy) is 1. The van der Waals surface area contributed by atoms with Gasteiger partial charge in [0.05, 0.1) is 6.61 Å². The number of alkyl carbamates (subject to hydrolysis) is 1. The minimum Gasteiger partial charge on any atom is -0.450 e. The number of rotatable bonds is 6. The highest BCUT2D eigenvalue weighted by atomic mass is 19.1. The van der Waals surface area contributed by atoms with Crippen LogP contribution in [0, 0.1) is 5.82 Å². The lowest BCUT2D eigenvalue weighted by molar-refractivity contribution is 0.152. The molecule has 0 aliphatic rings. The lowest BCUT2D eigenvalue weighted by atomic mass is 10.2. The summed E-state index contributed by atoms with van der Waals surface area (Å²) in [6, 6.07) is 5.49. The first-order valence-electron chi connectivity index (χ1n) is 6.28. The highest BCUT2D eigenvalue weighted by molar-refractivity contribution is 5.74. The Bertz CT molecular complexity index is 437. The smallest absolute Gasteiger partial charge is 0.407 e. The second-order valence-corrected chi connectivity index (χ2v) is 3.88. The summed E-state index contributed by atoms with van der Waals surface area (Å²) >= 11 is 0. The number of nitrogens with one attached hydrogen (secondary N) is 3. The molecule has 0 saturated carbocycles. The van der Waals surface area contributed by atoms with Crippen molar-refractivity contribution in [1.82, 2.24) is 16.0 Å². The van der Waals surface area contributed by atoms with Gasteiger partial charge in [-0.1, -0.05) is 12.1 Å². The van der Waals surface area contributed by atoms with Crippen LogP contribution < -0.4 is 16.0 Å². The standard InChI is InChI=1S/C13H18FN3O3/c1-2-20-13(19)16-8-7-15-12(18)17-9-10-3-5-11(14)6-4-10/h3-6H,2,7-9H2,1H3,(H,16,19)(H2,15,17,18). The van der Waals surface area contributed by atoms with Crippen LogP contribution in [0.3, 0.4) is 0 Å². The monoisotopic (exact) mass is 283 g/mol. The quantitative estimate of drug-likeness (QED) is 0.690. The van der Waals surface area contributed by atoms with Crippen LogP contribution in [0.1, 0.15) is 12.5 Å². The predicted molar refractivity (Wildman–Crippen MR) is 71.7 cm³/mol. The summed E-state index contributed by atoms with van der Waals surface area (Å²) in [5.41, 5.74) is 0.797. The number of hydrogen-bond acceptors (Lipinski definition) is 3. The van der Waals surface area contributed by atoms with Crippen molar-refractivity contribution in [2.75, 3.05) is 19.7 Å². The third kappa shape index (κ3) is 6.58. The number of benzene rings is 1. The maximum Gasteiger partial charge on any atom is 0.407 e. The van der Waals surface area contributed by atoms with Gasteiger partial charge in [0.2, 0.25) is 0 Å². The molecule has 7 heteroatoms. The summed E-state index contributed by atoms with van der Waals surface area (Å²) in [5.74, 6) is -0.316. The van der Waals surface area contributed by atoms with Crippen LogP contribution in [0.5, 0.6) is 0 Å². The van der Waals surface area contributed by atoms with Gasteiger partial charge in [0, 0.05) is 19.6 Å². The zero-order valence-electron chi connectivity index (χ0n) is 11.2. The molecule has 3 amide bonds. The van der Waals surface area contributed by atoms with Gasteiger partial charge < -0.3 is 20.7 Å². The Morgan fingerprint density at radius 1 is 1.10 bits per heavy atom. The molecule has 0 aliphatic heterocycles. The molecule has 1 aromatic carbocycles. The van der Waals surface area contributed by atoms with Gasteiger partial charge >= 0.3 is 12.1 Å². The Hall–Kier alpha value is -2.31. The number of hydrogen-bond donors (Lipinski definition) is 3. The van der Waals surface area contributed by atoms with E-state index >= 15 is 0 Å². The molecule has 6 nitrogen and oxygen atoms in total. The van der Waals surface area contributed by atoms with E-state index in [4.69, 9.17) is 0 Å². The van der Waals surface area contributed by atoms with Crippen molar-refractivity contribution in [3.63, 3.8) is 0 Å². The van der Waals surface area contributed by atoms with Crippen LogP contribution in [0.2, 0.25) is 0 Å². The van der Waals surface area contributed by atoms with Gasteiger partial charge in [0.15, 0.2) is 0 Å². The molecule has 3 N–H and O–H groups in total. The van der Waals surface area contributed by atoms with E-state index in [2.05, 4.69) is 20.7 Å².